The first-order valence-corrected chi connectivity index (χ1v) is 9.87. The van der Waals surface area contributed by atoms with Crippen molar-refractivity contribution in [1.82, 2.24) is 19.5 Å². The molecule has 1 saturated carbocycles. The van der Waals surface area contributed by atoms with Crippen LogP contribution in [0.3, 0.4) is 0 Å². The van der Waals surface area contributed by atoms with Gasteiger partial charge in [-0.05, 0) is 62.8 Å². The Bertz CT molecular complexity index is 955. The summed E-state index contributed by atoms with van der Waals surface area (Å²) in [6.45, 7) is 6.44. The molecule has 6 heteroatoms. The molecule has 0 radical (unpaired) electrons. The van der Waals surface area contributed by atoms with Crippen LogP contribution < -0.4 is 11.1 Å². The highest BCUT2D eigenvalue weighted by Gasteiger charge is 2.20. The third-order valence-corrected chi connectivity index (χ3v) is 5.91. The number of nitrogen functional groups attached to an aromatic ring is 1. The number of nitrogens with one attached hydrogen (secondary N) is 1. The molecule has 0 spiro atoms. The number of imidazole rings is 1. The number of fused-ring (bicyclic) bond motifs is 1. The van der Waals surface area contributed by atoms with Gasteiger partial charge in [0, 0.05) is 12.1 Å². The fourth-order valence-corrected chi connectivity index (χ4v) is 4.13. The molecule has 0 unspecified atom stereocenters. The van der Waals surface area contributed by atoms with Gasteiger partial charge in [0.2, 0.25) is 5.95 Å². The minimum atomic E-state index is 0.398. The van der Waals surface area contributed by atoms with E-state index in [-0.39, 0.29) is 0 Å². The van der Waals surface area contributed by atoms with Crippen LogP contribution in [-0.4, -0.2) is 25.6 Å². The van der Waals surface area contributed by atoms with Crippen LogP contribution in [0, 0.1) is 19.8 Å². The maximum Gasteiger partial charge on any atom is 0.207 e. The van der Waals surface area contributed by atoms with E-state index in [0.717, 1.165) is 22.7 Å². The molecule has 0 amide bonds. The second-order valence-electron chi connectivity index (χ2n) is 7.82. The Hall–Kier alpha value is -2.63. The third-order valence-electron chi connectivity index (χ3n) is 5.91. The molecule has 0 bridgehead atoms. The molecule has 27 heavy (non-hydrogen) atoms. The van der Waals surface area contributed by atoms with Crippen LogP contribution in [0.15, 0.2) is 24.5 Å². The standard InChI is InChI=1S/C21H28N6/c1-13-9-17-18(10-14(13)2)27(21(22)26-17)20-11-19(23-12-24-20)25-15(3)16-7-5-4-6-8-16/h9-12,15-16H,4-8H2,1-3H3,(H2,22,26)(H,23,24,25)/t15-/m0/s1. The Balaban J connectivity index is 1.65. The van der Waals surface area contributed by atoms with Crippen molar-refractivity contribution < 1.29 is 0 Å². The smallest absolute Gasteiger partial charge is 0.207 e. The van der Waals surface area contributed by atoms with Crippen LogP contribution in [0.2, 0.25) is 0 Å². The van der Waals surface area contributed by atoms with E-state index in [4.69, 9.17) is 5.73 Å². The van der Waals surface area contributed by atoms with Crippen molar-refractivity contribution >= 4 is 22.8 Å². The normalized spacial score (nSPS) is 16.6. The fourth-order valence-electron chi connectivity index (χ4n) is 4.13. The Morgan fingerprint density at radius 1 is 1.07 bits per heavy atom. The van der Waals surface area contributed by atoms with Crippen molar-refractivity contribution in [2.45, 2.75) is 58.9 Å². The van der Waals surface area contributed by atoms with E-state index in [2.05, 4.69) is 53.2 Å². The quantitative estimate of drug-likeness (QED) is 0.717. The van der Waals surface area contributed by atoms with Crippen LogP contribution in [0.25, 0.3) is 16.9 Å². The van der Waals surface area contributed by atoms with Crippen LogP contribution in [0.5, 0.6) is 0 Å². The van der Waals surface area contributed by atoms with Gasteiger partial charge in [0.25, 0.3) is 0 Å². The third kappa shape index (κ3) is 3.48. The summed E-state index contributed by atoms with van der Waals surface area (Å²) >= 11 is 0. The molecular weight excluding hydrogens is 336 g/mol. The summed E-state index contributed by atoms with van der Waals surface area (Å²) in [5.41, 5.74) is 10.5. The van der Waals surface area contributed by atoms with E-state index in [1.165, 1.54) is 43.2 Å². The van der Waals surface area contributed by atoms with Gasteiger partial charge in [-0.1, -0.05) is 19.3 Å². The molecule has 0 aliphatic heterocycles. The summed E-state index contributed by atoms with van der Waals surface area (Å²) in [6.07, 6.45) is 8.22. The molecule has 0 saturated heterocycles. The van der Waals surface area contributed by atoms with Gasteiger partial charge in [0.1, 0.15) is 18.0 Å². The zero-order chi connectivity index (χ0) is 19.0. The molecule has 1 aromatic carbocycles. The second-order valence-corrected chi connectivity index (χ2v) is 7.82. The summed E-state index contributed by atoms with van der Waals surface area (Å²) in [4.78, 5) is 13.4. The lowest BCUT2D eigenvalue weighted by Gasteiger charge is -2.28. The molecule has 1 atom stereocenters. The Morgan fingerprint density at radius 2 is 1.81 bits per heavy atom. The highest BCUT2D eigenvalue weighted by Crippen LogP contribution is 2.29. The maximum atomic E-state index is 6.22. The minimum absolute atomic E-state index is 0.398. The highest BCUT2D eigenvalue weighted by atomic mass is 15.2. The van der Waals surface area contributed by atoms with E-state index in [9.17, 15) is 0 Å². The predicted molar refractivity (Wildman–Crippen MR) is 110 cm³/mol. The molecule has 3 N–H and O–H groups in total. The van der Waals surface area contributed by atoms with Crippen LogP contribution >= 0.6 is 0 Å². The number of rotatable bonds is 4. The van der Waals surface area contributed by atoms with E-state index in [0.29, 0.717) is 17.9 Å². The van der Waals surface area contributed by atoms with Gasteiger partial charge in [0.05, 0.1) is 11.0 Å². The van der Waals surface area contributed by atoms with E-state index >= 15 is 0 Å². The van der Waals surface area contributed by atoms with Crippen LogP contribution in [0.4, 0.5) is 11.8 Å². The monoisotopic (exact) mass is 364 g/mol. The predicted octanol–water partition coefficient (Wildman–Crippen LogP) is 4.40. The largest absolute Gasteiger partial charge is 0.369 e. The first kappa shape index (κ1) is 17.8. The fraction of sp³-hybridized carbons (Fsp3) is 0.476. The lowest BCUT2D eigenvalue weighted by Crippen LogP contribution is -2.28. The Labute approximate surface area is 160 Å². The first-order valence-electron chi connectivity index (χ1n) is 9.87. The topological polar surface area (TPSA) is 81.6 Å². The molecule has 142 valence electrons. The average Bonchev–Trinajstić information content (AvgIpc) is 2.97. The van der Waals surface area contributed by atoms with Gasteiger partial charge >= 0.3 is 0 Å². The molecule has 1 aliphatic rings. The number of hydrogen-bond donors (Lipinski definition) is 2. The number of hydrogen-bond acceptors (Lipinski definition) is 5. The van der Waals surface area contributed by atoms with Crippen LogP contribution in [-0.2, 0) is 0 Å². The molecule has 4 rings (SSSR count). The molecular formula is C21H28N6. The molecule has 2 aromatic heterocycles. The first-order chi connectivity index (χ1) is 13.0. The van der Waals surface area contributed by atoms with Gasteiger partial charge in [-0.2, -0.15) is 0 Å². The molecule has 1 aliphatic carbocycles. The van der Waals surface area contributed by atoms with Gasteiger partial charge in [0.15, 0.2) is 0 Å². The summed E-state index contributed by atoms with van der Waals surface area (Å²) in [7, 11) is 0. The summed E-state index contributed by atoms with van der Waals surface area (Å²) in [5, 5.41) is 3.58. The SMILES string of the molecule is Cc1cc2nc(N)n(-c3cc(N[C@@H](C)C4CCCCC4)ncn3)c2cc1C. The molecule has 3 aromatic rings. The minimum Gasteiger partial charge on any atom is -0.369 e. The van der Waals surface area contributed by atoms with E-state index < -0.39 is 0 Å². The lowest BCUT2D eigenvalue weighted by molar-refractivity contribution is 0.328. The maximum absolute atomic E-state index is 6.22. The van der Waals surface area contributed by atoms with E-state index in [1.807, 2.05) is 10.6 Å². The number of nitrogens with two attached hydrogens (primary N) is 1. The van der Waals surface area contributed by atoms with Gasteiger partial charge in [-0.25, -0.2) is 15.0 Å². The van der Waals surface area contributed by atoms with Gasteiger partial charge in [-0.3, -0.25) is 4.57 Å². The number of nitrogens with zero attached hydrogens (tertiary/aromatic N) is 4. The van der Waals surface area contributed by atoms with Crippen molar-refractivity contribution in [3.8, 4) is 5.82 Å². The molecule has 1 fully saturated rings. The van der Waals surface area contributed by atoms with Gasteiger partial charge < -0.3 is 11.1 Å². The number of benzene rings is 1. The Kier molecular flexibility index (Phi) is 4.72. The summed E-state index contributed by atoms with van der Waals surface area (Å²) in [5.74, 6) is 2.73. The zero-order valence-corrected chi connectivity index (χ0v) is 16.4. The Morgan fingerprint density at radius 3 is 2.59 bits per heavy atom. The van der Waals surface area contributed by atoms with Crippen molar-refractivity contribution in [3.05, 3.63) is 35.7 Å². The van der Waals surface area contributed by atoms with Gasteiger partial charge in [-0.15, -0.1) is 0 Å². The summed E-state index contributed by atoms with van der Waals surface area (Å²) < 4.78 is 1.90. The van der Waals surface area contributed by atoms with E-state index in [1.54, 1.807) is 6.33 Å². The van der Waals surface area contributed by atoms with Crippen molar-refractivity contribution in [3.63, 3.8) is 0 Å². The summed E-state index contributed by atoms with van der Waals surface area (Å²) in [6, 6.07) is 6.55. The number of anilines is 2. The van der Waals surface area contributed by atoms with Crippen molar-refractivity contribution in [2.75, 3.05) is 11.1 Å². The van der Waals surface area contributed by atoms with Crippen LogP contribution in [0.1, 0.15) is 50.2 Å². The zero-order valence-electron chi connectivity index (χ0n) is 16.4. The number of aromatic nitrogens is 4. The van der Waals surface area contributed by atoms with Crippen molar-refractivity contribution in [1.29, 1.82) is 0 Å². The van der Waals surface area contributed by atoms with Crippen molar-refractivity contribution in [2.24, 2.45) is 5.92 Å². The highest BCUT2D eigenvalue weighted by molar-refractivity contribution is 5.82. The second kappa shape index (κ2) is 7.18. The number of aryl methyl sites for hydroxylation is 2. The molecule has 2 heterocycles. The average molecular weight is 364 g/mol. The lowest BCUT2D eigenvalue weighted by atomic mass is 9.84. The molecule has 6 nitrogen and oxygen atoms in total.